The minimum Gasteiger partial charge on any atom is -0.460 e. The number of aromatic nitrogens is 2. The van der Waals surface area contributed by atoms with E-state index < -0.39 is 61.8 Å². The molecule has 1 fully saturated rings. The number of aliphatic hydroxyl groups is 2. The van der Waals surface area contributed by atoms with Gasteiger partial charge in [0.05, 0.1) is 6.61 Å². The van der Waals surface area contributed by atoms with Gasteiger partial charge in [-0.1, -0.05) is 71.8 Å². The van der Waals surface area contributed by atoms with E-state index in [1.165, 1.54) is 13.0 Å². The first-order valence-corrected chi connectivity index (χ1v) is 15.4. The van der Waals surface area contributed by atoms with Crippen molar-refractivity contribution in [3.63, 3.8) is 0 Å². The second kappa shape index (κ2) is 13.7. The third-order valence-corrected chi connectivity index (χ3v) is 8.69. The van der Waals surface area contributed by atoms with Crippen LogP contribution in [-0.2, 0) is 30.0 Å². The number of nitrogens with zero attached hydrogens (tertiary/aromatic N) is 4. The predicted octanol–water partition coefficient (Wildman–Crippen LogP) is 2.87. The van der Waals surface area contributed by atoms with Crippen LogP contribution in [0.15, 0.2) is 99.8 Å². The molecule has 1 unspecified atom stereocenters. The van der Waals surface area contributed by atoms with Gasteiger partial charge in [0.1, 0.15) is 30.6 Å². The lowest BCUT2D eigenvalue weighted by Crippen LogP contribution is -2.45. The zero-order chi connectivity index (χ0) is 32.9. The Kier molecular flexibility index (Phi) is 9.70. The summed E-state index contributed by atoms with van der Waals surface area (Å²) in [6, 6.07) is 20.6. The molecule has 3 aromatic carbocycles. The van der Waals surface area contributed by atoms with Crippen LogP contribution >= 0.6 is 7.75 Å². The Bertz CT molecular complexity index is 1930. The third kappa shape index (κ3) is 7.03. The topological polar surface area (TPSA) is 227 Å². The normalized spacial score (nSPS) is 22.8. The second-order valence-electron chi connectivity index (χ2n) is 10.3. The fourth-order valence-corrected chi connectivity index (χ4v) is 6.28. The van der Waals surface area contributed by atoms with Gasteiger partial charge >= 0.3 is 19.4 Å². The van der Waals surface area contributed by atoms with Crippen molar-refractivity contribution in [2.24, 2.45) is 5.11 Å². The quantitative estimate of drug-likeness (QED) is 0.0572. The number of aromatic amines is 1. The average molecular weight is 653 g/mol. The van der Waals surface area contributed by atoms with Crippen molar-refractivity contribution in [3.8, 4) is 5.75 Å². The molecule has 16 nitrogen and oxygen atoms in total. The molecule has 1 saturated heterocycles. The van der Waals surface area contributed by atoms with Crippen molar-refractivity contribution in [1.82, 2.24) is 14.6 Å². The first kappa shape index (κ1) is 32.6. The van der Waals surface area contributed by atoms with Gasteiger partial charge in [-0.2, -0.15) is 5.09 Å². The van der Waals surface area contributed by atoms with Crippen LogP contribution in [0.5, 0.6) is 5.75 Å². The highest BCUT2D eigenvalue weighted by molar-refractivity contribution is 7.52. The Morgan fingerprint density at radius 1 is 1.13 bits per heavy atom. The molecule has 1 aromatic heterocycles. The molecule has 1 aliphatic heterocycles. The standard InChI is InChI=1S/C29H29N6O10P/c1-18(27(39)42-16-19-8-3-2-4-9-19)32-46(41,45-22-13-7-11-20-10-5-6-12-21(20)22)43-17-29(33-34-30)25(38)24(37)26(44-29)35-15-14-23(36)31-28(35)40/h2-15,18,24-26,37-38H,16-17H2,1H3,(H,32,41)(H,31,36,40)/t18-,24+,25-,26+,29+,46?/m0/s1. The van der Waals surface area contributed by atoms with Gasteiger partial charge < -0.3 is 24.2 Å². The molecule has 5 rings (SSSR count). The van der Waals surface area contributed by atoms with Gasteiger partial charge in [0.15, 0.2) is 6.23 Å². The number of H-pyrrole nitrogens is 1. The molecule has 0 spiro atoms. The molecule has 2 heterocycles. The summed E-state index contributed by atoms with van der Waals surface area (Å²) >= 11 is 0. The fraction of sp³-hybridized carbons (Fsp3) is 0.276. The molecule has 1 aliphatic rings. The molecule has 0 amide bonds. The largest absolute Gasteiger partial charge is 0.460 e. The van der Waals surface area contributed by atoms with Gasteiger partial charge in [0.25, 0.3) is 5.56 Å². The summed E-state index contributed by atoms with van der Waals surface area (Å²) < 4.78 is 37.7. The zero-order valence-corrected chi connectivity index (χ0v) is 25.1. The minimum atomic E-state index is -4.65. The number of azide groups is 1. The Hall–Kier alpha value is -4.79. The van der Waals surface area contributed by atoms with Gasteiger partial charge in [-0.25, -0.2) is 9.36 Å². The molecule has 0 aliphatic carbocycles. The number of benzene rings is 3. The Morgan fingerprint density at radius 2 is 1.85 bits per heavy atom. The molecule has 17 heteroatoms. The smallest absolute Gasteiger partial charge is 0.459 e. The van der Waals surface area contributed by atoms with E-state index in [9.17, 15) is 34.7 Å². The number of aliphatic hydroxyl groups excluding tert-OH is 2. The molecule has 0 radical (unpaired) electrons. The first-order valence-electron chi connectivity index (χ1n) is 13.9. The third-order valence-electron chi connectivity index (χ3n) is 7.08. The molecule has 0 saturated carbocycles. The Balaban J connectivity index is 1.43. The van der Waals surface area contributed by atoms with Crippen LogP contribution in [0.4, 0.5) is 0 Å². The number of rotatable bonds is 12. The van der Waals surface area contributed by atoms with Crippen LogP contribution in [0.1, 0.15) is 18.7 Å². The first-order chi connectivity index (χ1) is 22.0. The predicted molar refractivity (Wildman–Crippen MR) is 162 cm³/mol. The van der Waals surface area contributed by atoms with Gasteiger partial charge in [0, 0.05) is 22.6 Å². The number of hydrogen-bond acceptors (Lipinski definition) is 11. The molecule has 6 atom stereocenters. The SMILES string of the molecule is C[C@H](NP(=O)(OC[C@@]1(N=[N+]=[N-])O[C@@H](n2ccc(=O)[nH]c2=O)[C@H](O)[C@@H]1O)Oc1cccc2ccccc12)C(=O)OCc1ccccc1. The Morgan fingerprint density at radius 3 is 2.59 bits per heavy atom. The summed E-state index contributed by atoms with van der Waals surface area (Å²) in [5, 5.41) is 29.0. The highest BCUT2D eigenvalue weighted by atomic mass is 31.2. The van der Waals surface area contributed by atoms with Crippen molar-refractivity contribution in [3.05, 3.63) is 122 Å². The van der Waals surface area contributed by atoms with E-state index in [0.29, 0.717) is 10.9 Å². The zero-order valence-electron chi connectivity index (χ0n) is 24.2. The summed E-state index contributed by atoms with van der Waals surface area (Å²) in [6.07, 6.45) is -4.55. The van der Waals surface area contributed by atoms with Crippen molar-refractivity contribution in [1.29, 1.82) is 0 Å². The van der Waals surface area contributed by atoms with Crippen molar-refractivity contribution >= 4 is 24.5 Å². The fourth-order valence-electron chi connectivity index (χ4n) is 4.74. The second-order valence-corrected chi connectivity index (χ2v) is 12.0. The molecule has 0 bridgehead atoms. The maximum Gasteiger partial charge on any atom is 0.459 e. The lowest BCUT2D eigenvalue weighted by Gasteiger charge is -2.29. The number of ether oxygens (including phenoxy) is 2. The summed E-state index contributed by atoms with van der Waals surface area (Å²) in [6.45, 7) is 0.303. The summed E-state index contributed by atoms with van der Waals surface area (Å²) in [5.74, 6) is -0.703. The van der Waals surface area contributed by atoms with E-state index >= 15 is 0 Å². The molecular weight excluding hydrogens is 623 g/mol. The number of nitrogens with one attached hydrogen (secondary N) is 2. The molecule has 46 heavy (non-hydrogen) atoms. The lowest BCUT2D eigenvalue weighted by molar-refractivity contribution is -0.146. The lowest BCUT2D eigenvalue weighted by atomic mass is 10.1. The van der Waals surface area contributed by atoms with E-state index in [1.54, 1.807) is 60.7 Å². The minimum absolute atomic E-state index is 0.0650. The van der Waals surface area contributed by atoms with E-state index in [0.717, 1.165) is 22.2 Å². The number of carbonyl (C=O) groups excluding carboxylic acids is 1. The van der Waals surface area contributed by atoms with Gasteiger partial charge in [-0.05, 0) is 29.5 Å². The van der Waals surface area contributed by atoms with Crippen molar-refractivity contribution < 1.29 is 38.1 Å². The maximum atomic E-state index is 14.4. The highest BCUT2D eigenvalue weighted by Gasteiger charge is 2.56. The van der Waals surface area contributed by atoms with E-state index in [2.05, 4.69) is 15.1 Å². The highest BCUT2D eigenvalue weighted by Crippen LogP contribution is 2.49. The summed E-state index contributed by atoms with van der Waals surface area (Å²) in [7, 11) is -4.65. The molecular formula is C29H29N6O10P. The van der Waals surface area contributed by atoms with Crippen LogP contribution in [-0.4, -0.2) is 56.3 Å². The monoisotopic (exact) mass is 652 g/mol. The van der Waals surface area contributed by atoms with E-state index in [1.807, 2.05) is 11.1 Å². The van der Waals surface area contributed by atoms with Crippen LogP contribution in [0, 0.1) is 0 Å². The molecule has 240 valence electrons. The van der Waals surface area contributed by atoms with E-state index in [4.69, 9.17) is 18.5 Å². The number of carbonyl (C=O) groups is 1. The number of fused-ring (bicyclic) bond motifs is 1. The van der Waals surface area contributed by atoms with E-state index in [-0.39, 0.29) is 12.4 Å². The van der Waals surface area contributed by atoms with Crippen LogP contribution in [0.2, 0.25) is 0 Å². The van der Waals surface area contributed by atoms with Gasteiger partial charge in [-0.15, -0.1) is 0 Å². The summed E-state index contributed by atoms with van der Waals surface area (Å²) in [5.41, 5.74) is 5.88. The maximum absolute atomic E-state index is 14.4. The van der Waals surface area contributed by atoms with Gasteiger partial charge in [-0.3, -0.25) is 23.7 Å². The van der Waals surface area contributed by atoms with Crippen LogP contribution in [0.25, 0.3) is 21.2 Å². The summed E-state index contributed by atoms with van der Waals surface area (Å²) in [4.78, 5) is 41.5. The van der Waals surface area contributed by atoms with Crippen LogP contribution < -0.4 is 20.9 Å². The van der Waals surface area contributed by atoms with Crippen LogP contribution in [0.3, 0.4) is 0 Å². The van der Waals surface area contributed by atoms with Crippen molar-refractivity contribution in [2.45, 2.75) is 43.7 Å². The number of hydrogen-bond donors (Lipinski definition) is 4. The average Bonchev–Trinajstić information content (AvgIpc) is 3.29. The Labute approximate surface area is 260 Å². The van der Waals surface area contributed by atoms with Gasteiger partial charge in [0.2, 0.25) is 5.72 Å². The molecule has 4 N–H and O–H groups in total. The van der Waals surface area contributed by atoms with Crippen molar-refractivity contribution in [2.75, 3.05) is 6.61 Å². The number of esters is 1. The molecule has 4 aromatic rings.